The predicted molar refractivity (Wildman–Crippen MR) is 57.6 cm³/mol. The number of nitrogens with zero attached hydrogens (tertiary/aromatic N) is 3. The molecule has 0 N–H and O–H groups in total. The molecular formula is C10H9N3OS. The van der Waals surface area contributed by atoms with Crippen LogP contribution in [0.2, 0.25) is 0 Å². The van der Waals surface area contributed by atoms with Crippen molar-refractivity contribution in [3.8, 4) is 11.3 Å². The maximum Gasteiger partial charge on any atom is 0.200 e. The largest absolute Gasteiger partial charge is 0.612 e. The molecule has 0 aliphatic carbocycles. The molecule has 1 aromatic heterocycles. The van der Waals surface area contributed by atoms with E-state index in [9.17, 15) is 4.55 Å². The molecule has 0 saturated heterocycles. The van der Waals surface area contributed by atoms with Crippen molar-refractivity contribution >= 4 is 11.2 Å². The standard InChI is InChI=1S/C10H9N3OS/c1-15(14)9-7-11-13-12-10(9)8-5-3-2-4-6-8/h2-7H,1H3. The maximum absolute atomic E-state index is 11.4. The predicted octanol–water partition coefficient (Wildman–Crippen LogP) is 1.28. The zero-order valence-electron chi connectivity index (χ0n) is 8.12. The van der Waals surface area contributed by atoms with Gasteiger partial charge in [-0.05, 0) is 16.4 Å². The van der Waals surface area contributed by atoms with Crippen molar-refractivity contribution in [3.05, 3.63) is 36.5 Å². The monoisotopic (exact) mass is 219 g/mol. The van der Waals surface area contributed by atoms with Crippen LogP contribution in [0.4, 0.5) is 0 Å². The van der Waals surface area contributed by atoms with Crippen LogP contribution >= 0.6 is 0 Å². The zero-order valence-corrected chi connectivity index (χ0v) is 8.94. The fraction of sp³-hybridized carbons (Fsp3) is 0.100. The molecule has 0 aliphatic heterocycles. The van der Waals surface area contributed by atoms with E-state index in [2.05, 4.69) is 15.4 Å². The summed E-state index contributed by atoms with van der Waals surface area (Å²) in [5.41, 5.74) is 1.53. The van der Waals surface area contributed by atoms with Gasteiger partial charge in [0.05, 0.1) is 0 Å². The Morgan fingerprint density at radius 2 is 1.93 bits per heavy atom. The van der Waals surface area contributed by atoms with E-state index >= 15 is 0 Å². The first kappa shape index (κ1) is 10.1. The van der Waals surface area contributed by atoms with Crippen LogP contribution in [0.25, 0.3) is 11.3 Å². The summed E-state index contributed by atoms with van der Waals surface area (Å²) in [6.07, 6.45) is 3.09. The minimum atomic E-state index is -1.11. The third kappa shape index (κ3) is 2.14. The molecule has 2 rings (SSSR count). The normalized spacial score (nSPS) is 12.4. The van der Waals surface area contributed by atoms with Crippen LogP contribution < -0.4 is 0 Å². The van der Waals surface area contributed by atoms with Crippen LogP contribution in [0.1, 0.15) is 0 Å². The number of hydrogen-bond donors (Lipinski definition) is 0. The van der Waals surface area contributed by atoms with E-state index in [0.29, 0.717) is 10.6 Å². The highest BCUT2D eigenvalue weighted by atomic mass is 32.2. The lowest BCUT2D eigenvalue weighted by molar-refractivity contribution is 0.599. The molecular weight excluding hydrogens is 210 g/mol. The van der Waals surface area contributed by atoms with Gasteiger partial charge in [0.2, 0.25) is 4.90 Å². The Morgan fingerprint density at radius 3 is 2.60 bits per heavy atom. The van der Waals surface area contributed by atoms with Crippen LogP contribution in [-0.2, 0) is 11.2 Å². The highest BCUT2D eigenvalue weighted by molar-refractivity contribution is 7.90. The summed E-state index contributed by atoms with van der Waals surface area (Å²) in [5, 5.41) is 11.1. The molecule has 0 radical (unpaired) electrons. The molecule has 1 aromatic carbocycles. The molecule has 76 valence electrons. The Labute approximate surface area is 90.5 Å². The maximum atomic E-state index is 11.4. The second kappa shape index (κ2) is 4.37. The Kier molecular flexibility index (Phi) is 2.94. The lowest BCUT2D eigenvalue weighted by Gasteiger charge is -2.07. The van der Waals surface area contributed by atoms with Gasteiger partial charge in [-0.3, -0.25) is 0 Å². The van der Waals surface area contributed by atoms with Crippen molar-refractivity contribution in [2.75, 3.05) is 6.26 Å². The Morgan fingerprint density at radius 1 is 1.20 bits per heavy atom. The summed E-state index contributed by atoms with van der Waals surface area (Å²) in [6, 6.07) is 9.53. The molecule has 1 heterocycles. The van der Waals surface area contributed by atoms with Gasteiger partial charge in [0.25, 0.3) is 0 Å². The average Bonchev–Trinajstić information content (AvgIpc) is 2.30. The van der Waals surface area contributed by atoms with Gasteiger partial charge in [0, 0.05) is 5.56 Å². The summed E-state index contributed by atoms with van der Waals surface area (Å²) in [6.45, 7) is 0. The summed E-state index contributed by atoms with van der Waals surface area (Å²) in [7, 11) is 0. The first-order chi connectivity index (χ1) is 7.29. The van der Waals surface area contributed by atoms with Gasteiger partial charge in [-0.2, -0.15) is 0 Å². The van der Waals surface area contributed by atoms with Gasteiger partial charge < -0.3 is 4.55 Å². The molecule has 5 heteroatoms. The highest BCUT2D eigenvalue weighted by Crippen LogP contribution is 2.22. The molecule has 0 fully saturated rings. The molecule has 4 nitrogen and oxygen atoms in total. The van der Waals surface area contributed by atoms with E-state index in [4.69, 9.17) is 0 Å². The summed E-state index contributed by atoms with van der Waals surface area (Å²) in [4.78, 5) is 0.608. The molecule has 0 aliphatic rings. The minimum absolute atomic E-state index is 0.608. The highest BCUT2D eigenvalue weighted by Gasteiger charge is 2.15. The van der Waals surface area contributed by atoms with Gasteiger partial charge in [0.15, 0.2) is 5.69 Å². The average molecular weight is 219 g/mol. The van der Waals surface area contributed by atoms with Crippen molar-refractivity contribution in [2.45, 2.75) is 4.90 Å². The molecule has 1 unspecified atom stereocenters. The van der Waals surface area contributed by atoms with E-state index in [0.717, 1.165) is 5.56 Å². The SMILES string of the molecule is C[S+]([O-])c1cnnnc1-c1ccccc1. The van der Waals surface area contributed by atoms with E-state index in [1.165, 1.54) is 6.20 Å². The van der Waals surface area contributed by atoms with Crippen molar-refractivity contribution in [2.24, 2.45) is 0 Å². The quantitative estimate of drug-likeness (QED) is 0.714. The number of benzene rings is 1. The molecule has 0 spiro atoms. The molecule has 2 aromatic rings. The number of hydrogen-bond acceptors (Lipinski definition) is 4. The van der Waals surface area contributed by atoms with Gasteiger partial charge in [0.1, 0.15) is 12.5 Å². The van der Waals surface area contributed by atoms with Gasteiger partial charge >= 0.3 is 0 Å². The zero-order chi connectivity index (χ0) is 10.7. The Hall–Kier alpha value is -1.46. The second-order valence-electron chi connectivity index (χ2n) is 2.97. The molecule has 15 heavy (non-hydrogen) atoms. The van der Waals surface area contributed by atoms with Crippen molar-refractivity contribution in [1.82, 2.24) is 15.4 Å². The van der Waals surface area contributed by atoms with Crippen LogP contribution in [0.5, 0.6) is 0 Å². The smallest absolute Gasteiger partial charge is 0.200 e. The van der Waals surface area contributed by atoms with Crippen LogP contribution in [-0.4, -0.2) is 26.2 Å². The van der Waals surface area contributed by atoms with Crippen molar-refractivity contribution in [1.29, 1.82) is 0 Å². The molecule has 0 amide bonds. The summed E-state index contributed by atoms with van der Waals surface area (Å²) < 4.78 is 11.4. The van der Waals surface area contributed by atoms with E-state index in [1.807, 2.05) is 30.3 Å². The number of aromatic nitrogens is 3. The fourth-order valence-electron chi connectivity index (χ4n) is 1.27. The lowest BCUT2D eigenvalue weighted by atomic mass is 10.1. The first-order valence-corrected chi connectivity index (χ1v) is 5.92. The van der Waals surface area contributed by atoms with E-state index < -0.39 is 11.2 Å². The first-order valence-electron chi connectivity index (χ1n) is 4.36. The fourth-order valence-corrected chi connectivity index (χ4v) is 1.89. The molecule has 1 atom stereocenters. The van der Waals surface area contributed by atoms with E-state index in [-0.39, 0.29) is 0 Å². The third-order valence-electron chi connectivity index (χ3n) is 1.96. The molecule has 0 bridgehead atoms. The second-order valence-corrected chi connectivity index (χ2v) is 4.32. The summed E-state index contributed by atoms with van der Waals surface area (Å²) in [5.74, 6) is 0. The minimum Gasteiger partial charge on any atom is -0.612 e. The van der Waals surface area contributed by atoms with Crippen LogP contribution in [0.15, 0.2) is 41.4 Å². The third-order valence-corrected chi connectivity index (χ3v) is 2.88. The topological polar surface area (TPSA) is 61.7 Å². The van der Waals surface area contributed by atoms with Gasteiger partial charge in [-0.1, -0.05) is 30.3 Å². The number of rotatable bonds is 2. The van der Waals surface area contributed by atoms with Crippen molar-refractivity contribution in [3.63, 3.8) is 0 Å². The van der Waals surface area contributed by atoms with Gasteiger partial charge in [-0.25, -0.2) is 0 Å². The molecule has 0 saturated carbocycles. The Bertz CT molecular complexity index is 447. The van der Waals surface area contributed by atoms with Crippen LogP contribution in [0, 0.1) is 0 Å². The summed E-state index contributed by atoms with van der Waals surface area (Å²) >= 11 is -1.11. The van der Waals surface area contributed by atoms with E-state index in [1.54, 1.807) is 6.26 Å². The van der Waals surface area contributed by atoms with Gasteiger partial charge in [-0.15, -0.1) is 10.2 Å². The lowest BCUT2D eigenvalue weighted by Crippen LogP contribution is -2.04. The van der Waals surface area contributed by atoms with Crippen LogP contribution in [0.3, 0.4) is 0 Å². The van der Waals surface area contributed by atoms with Crippen molar-refractivity contribution < 1.29 is 4.55 Å². The Balaban J connectivity index is 2.53.